The van der Waals surface area contributed by atoms with Crippen molar-refractivity contribution in [2.24, 2.45) is 0 Å². The summed E-state index contributed by atoms with van der Waals surface area (Å²) < 4.78 is 0. The van der Waals surface area contributed by atoms with Gasteiger partial charge in [-0.15, -0.1) is 0 Å². The lowest BCUT2D eigenvalue weighted by molar-refractivity contribution is 0.220. The van der Waals surface area contributed by atoms with Crippen molar-refractivity contribution in [1.82, 2.24) is 0 Å². The Morgan fingerprint density at radius 1 is 0.261 bits per heavy atom. The van der Waals surface area contributed by atoms with Crippen LogP contribution in [-0.2, 0) is 0 Å². The fourth-order valence-corrected chi connectivity index (χ4v) is 5.72. The highest BCUT2D eigenvalue weighted by molar-refractivity contribution is 5.72. The van der Waals surface area contributed by atoms with Crippen molar-refractivity contribution in [2.75, 3.05) is 0 Å². The molecule has 0 radical (unpaired) electrons. The van der Waals surface area contributed by atoms with Crippen LogP contribution in [0, 0.1) is 0 Å². The molecule has 0 saturated carbocycles. The Balaban J connectivity index is 0.000000167. The second-order valence-electron chi connectivity index (χ2n) is 11.1. The zero-order valence-corrected chi connectivity index (χ0v) is 25.5. The third-order valence-corrected chi connectivity index (χ3v) is 8.13. The summed E-state index contributed by atoms with van der Waals surface area (Å²) in [6.45, 7) is 0. The van der Waals surface area contributed by atoms with Crippen molar-refractivity contribution in [3.63, 3.8) is 0 Å². The summed E-state index contributed by atoms with van der Waals surface area (Å²) >= 11 is 0. The SMILES string of the molecule is OC(c1ccccc1)c1ccc(-c2ccccc2)cc1.OC(c1ccccc1-c1ccccc1)c1ccccc1-c1ccccc1. The molecule has 7 aromatic rings. The molecule has 224 valence electrons. The summed E-state index contributed by atoms with van der Waals surface area (Å²) in [5.41, 5.74) is 10.4. The fraction of sp³-hybridized carbons (Fsp3) is 0.0455. The van der Waals surface area contributed by atoms with Gasteiger partial charge < -0.3 is 10.2 Å². The minimum absolute atomic E-state index is 0.568. The maximum Gasteiger partial charge on any atom is 0.105 e. The van der Waals surface area contributed by atoms with E-state index in [9.17, 15) is 10.2 Å². The molecule has 2 heteroatoms. The Hall–Kier alpha value is -5.54. The highest BCUT2D eigenvalue weighted by atomic mass is 16.3. The Morgan fingerprint density at radius 2 is 0.587 bits per heavy atom. The predicted molar refractivity (Wildman–Crippen MR) is 190 cm³/mol. The molecule has 2 nitrogen and oxygen atoms in total. The average molecular weight is 597 g/mol. The zero-order valence-electron chi connectivity index (χ0n) is 25.5. The lowest BCUT2D eigenvalue weighted by Crippen LogP contribution is -2.03. The number of aliphatic hydroxyl groups is 2. The van der Waals surface area contributed by atoms with E-state index >= 15 is 0 Å². The number of rotatable bonds is 7. The van der Waals surface area contributed by atoms with Crippen LogP contribution in [0.15, 0.2) is 194 Å². The highest BCUT2D eigenvalue weighted by Crippen LogP contribution is 2.36. The first-order chi connectivity index (χ1) is 22.7. The van der Waals surface area contributed by atoms with E-state index in [0.717, 1.165) is 50.1 Å². The van der Waals surface area contributed by atoms with Crippen molar-refractivity contribution in [1.29, 1.82) is 0 Å². The molecule has 0 amide bonds. The molecule has 0 aliphatic rings. The molecular formula is C44H36O2. The van der Waals surface area contributed by atoms with Crippen LogP contribution in [0.2, 0.25) is 0 Å². The Bertz CT molecular complexity index is 1850. The summed E-state index contributed by atoms with van der Waals surface area (Å²) in [4.78, 5) is 0. The van der Waals surface area contributed by atoms with Gasteiger partial charge in [0.1, 0.15) is 12.2 Å². The second kappa shape index (κ2) is 15.0. The molecule has 1 atom stereocenters. The molecule has 7 aromatic carbocycles. The van der Waals surface area contributed by atoms with E-state index < -0.39 is 12.2 Å². The molecule has 0 aromatic heterocycles. The maximum atomic E-state index is 11.3. The first kappa shape index (κ1) is 30.5. The Kier molecular flexibility index (Phi) is 9.92. The monoisotopic (exact) mass is 596 g/mol. The minimum Gasteiger partial charge on any atom is -0.384 e. The summed E-state index contributed by atoms with van der Waals surface area (Å²) in [7, 11) is 0. The van der Waals surface area contributed by atoms with Gasteiger partial charge in [0.2, 0.25) is 0 Å². The van der Waals surface area contributed by atoms with Gasteiger partial charge >= 0.3 is 0 Å². The molecule has 46 heavy (non-hydrogen) atoms. The van der Waals surface area contributed by atoms with Crippen molar-refractivity contribution in [3.05, 3.63) is 216 Å². The van der Waals surface area contributed by atoms with E-state index in [1.54, 1.807) is 0 Å². The van der Waals surface area contributed by atoms with Crippen molar-refractivity contribution < 1.29 is 10.2 Å². The van der Waals surface area contributed by atoms with Gasteiger partial charge in [0.25, 0.3) is 0 Å². The normalized spacial score (nSPS) is 11.4. The average Bonchev–Trinajstić information content (AvgIpc) is 3.16. The second-order valence-corrected chi connectivity index (χ2v) is 11.1. The first-order valence-electron chi connectivity index (χ1n) is 15.5. The molecule has 7 rings (SSSR count). The predicted octanol–water partition coefficient (Wildman–Crippen LogP) is 10.5. The summed E-state index contributed by atoms with van der Waals surface area (Å²) in [6.07, 6.45) is -1.26. The van der Waals surface area contributed by atoms with Gasteiger partial charge in [0, 0.05) is 0 Å². The van der Waals surface area contributed by atoms with Gasteiger partial charge in [-0.3, -0.25) is 0 Å². The standard InChI is InChI=1S/C25H20O.C19H16O/c26-25(23-17-9-7-15-21(23)19-11-3-1-4-12-19)24-18-10-8-16-22(24)20-13-5-2-6-14-20;20-19(17-9-5-2-6-10-17)18-13-11-16(12-14-18)15-7-3-1-4-8-15/h1-18,25-26H;1-14,19-20H. The summed E-state index contributed by atoms with van der Waals surface area (Å²) in [5.74, 6) is 0. The van der Waals surface area contributed by atoms with Crippen LogP contribution in [-0.4, -0.2) is 10.2 Å². The quantitative estimate of drug-likeness (QED) is 0.192. The third kappa shape index (κ3) is 7.22. The van der Waals surface area contributed by atoms with Gasteiger partial charge in [-0.25, -0.2) is 0 Å². The molecule has 1 unspecified atom stereocenters. The van der Waals surface area contributed by atoms with Crippen LogP contribution in [0.5, 0.6) is 0 Å². The molecule has 0 saturated heterocycles. The molecule has 0 heterocycles. The molecule has 0 bridgehead atoms. The zero-order chi connectivity index (χ0) is 31.6. The molecule has 2 N–H and O–H groups in total. The Morgan fingerprint density at radius 3 is 1.04 bits per heavy atom. The maximum absolute atomic E-state index is 11.3. The molecule has 0 aliphatic carbocycles. The van der Waals surface area contributed by atoms with Crippen LogP contribution in [0.1, 0.15) is 34.5 Å². The first-order valence-corrected chi connectivity index (χ1v) is 15.5. The van der Waals surface area contributed by atoms with E-state index in [0.29, 0.717) is 0 Å². The minimum atomic E-state index is -0.692. The molecule has 0 spiro atoms. The van der Waals surface area contributed by atoms with Crippen molar-refractivity contribution in [3.8, 4) is 33.4 Å². The smallest absolute Gasteiger partial charge is 0.105 e. The van der Waals surface area contributed by atoms with Crippen LogP contribution in [0.25, 0.3) is 33.4 Å². The van der Waals surface area contributed by atoms with Gasteiger partial charge in [-0.2, -0.15) is 0 Å². The third-order valence-electron chi connectivity index (χ3n) is 8.13. The Labute approximate surface area is 271 Å². The number of aliphatic hydroxyl groups excluding tert-OH is 2. The molecular weight excluding hydrogens is 560 g/mol. The van der Waals surface area contributed by atoms with Crippen molar-refractivity contribution in [2.45, 2.75) is 12.2 Å². The summed E-state index contributed by atoms with van der Waals surface area (Å²) in [5, 5.41) is 21.6. The van der Waals surface area contributed by atoms with E-state index in [-0.39, 0.29) is 0 Å². The van der Waals surface area contributed by atoms with Crippen molar-refractivity contribution >= 4 is 0 Å². The van der Waals surface area contributed by atoms with E-state index in [1.165, 1.54) is 5.56 Å². The number of hydrogen-bond acceptors (Lipinski definition) is 2. The topological polar surface area (TPSA) is 40.5 Å². The lowest BCUT2D eigenvalue weighted by Gasteiger charge is -2.19. The van der Waals surface area contributed by atoms with Crippen LogP contribution >= 0.6 is 0 Å². The number of benzene rings is 7. The van der Waals surface area contributed by atoms with E-state index in [2.05, 4.69) is 60.7 Å². The molecule has 0 fully saturated rings. The van der Waals surface area contributed by atoms with Crippen LogP contribution in [0.4, 0.5) is 0 Å². The largest absolute Gasteiger partial charge is 0.384 e. The summed E-state index contributed by atoms with van der Waals surface area (Å²) in [6, 6.07) is 64.6. The van der Waals surface area contributed by atoms with Gasteiger partial charge in [0.05, 0.1) is 0 Å². The van der Waals surface area contributed by atoms with E-state index in [1.807, 2.05) is 133 Å². The van der Waals surface area contributed by atoms with Gasteiger partial charge in [-0.05, 0) is 55.6 Å². The fourth-order valence-electron chi connectivity index (χ4n) is 5.72. The molecule has 0 aliphatic heterocycles. The van der Waals surface area contributed by atoms with Gasteiger partial charge in [0.15, 0.2) is 0 Å². The lowest BCUT2D eigenvalue weighted by atomic mass is 9.89. The van der Waals surface area contributed by atoms with E-state index in [4.69, 9.17) is 0 Å². The van der Waals surface area contributed by atoms with Gasteiger partial charge in [-0.1, -0.05) is 194 Å². The van der Waals surface area contributed by atoms with Crippen LogP contribution < -0.4 is 0 Å². The highest BCUT2D eigenvalue weighted by Gasteiger charge is 2.18. The number of hydrogen-bond donors (Lipinski definition) is 2. The van der Waals surface area contributed by atoms with Crippen LogP contribution in [0.3, 0.4) is 0 Å².